The molecule has 0 aliphatic heterocycles. The summed E-state index contributed by atoms with van der Waals surface area (Å²) in [6, 6.07) is 28.7. The summed E-state index contributed by atoms with van der Waals surface area (Å²) in [6.45, 7) is 17.4. The van der Waals surface area contributed by atoms with Gasteiger partial charge < -0.3 is 23.1 Å². The van der Waals surface area contributed by atoms with Crippen molar-refractivity contribution in [3.05, 3.63) is 120 Å². The molecule has 0 atom stereocenters. The number of carbonyl (C=O) groups is 3. The molecule has 5 aromatic carbocycles. The molecule has 0 aromatic heterocycles. The van der Waals surface area contributed by atoms with Crippen molar-refractivity contribution in [3.63, 3.8) is 0 Å². The van der Waals surface area contributed by atoms with Crippen molar-refractivity contribution in [2.24, 2.45) is 0 Å². The topological polar surface area (TPSA) is 97.4 Å². The van der Waals surface area contributed by atoms with E-state index in [1.807, 2.05) is 30.3 Å². The molecule has 0 aliphatic rings. The third-order valence-corrected chi connectivity index (χ3v) is 16.5. The van der Waals surface area contributed by atoms with Crippen LogP contribution in [0.3, 0.4) is 0 Å². The van der Waals surface area contributed by atoms with Gasteiger partial charge in [0.1, 0.15) is 23.0 Å². The molecule has 8 nitrogen and oxygen atoms in total. The molecule has 0 radical (unpaired) electrons. The summed E-state index contributed by atoms with van der Waals surface area (Å²) in [5, 5.41) is 3.47. The number of ether oxygens (including phenoxy) is 4. The standard InChI is InChI=1S/C43H48O8Si2/c1-8-10-23-52(4,5)51-53(6,7)24-11-22-47-36-17-14-34-29-39(19-16-33(34)27-36)50-43(46)40-21-20-37(25-30(40)3)49-42(45)35-13-12-32-28-38(48-41(44)9-2)18-15-31(32)26-35/h9,12-21,25-29H,2,8,10-11,22-24H2,1,3-7H3. The molecule has 0 saturated carbocycles. The second-order valence-corrected chi connectivity index (χ2v) is 23.3. The van der Waals surface area contributed by atoms with Crippen LogP contribution in [0.15, 0.2) is 104 Å². The van der Waals surface area contributed by atoms with Crippen molar-refractivity contribution < 1.29 is 37.4 Å². The average Bonchev–Trinajstić information content (AvgIpc) is 3.11. The van der Waals surface area contributed by atoms with Crippen molar-refractivity contribution in [2.75, 3.05) is 6.61 Å². The molecule has 0 amide bonds. The lowest BCUT2D eigenvalue weighted by Gasteiger charge is -2.34. The molecule has 276 valence electrons. The smallest absolute Gasteiger partial charge is 0.343 e. The molecule has 5 aromatic rings. The van der Waals surface area contributed by atoms with Crippen LogP contribution in [0.5, 0.6) is 23.0 Å². The van der Waals surface area contributed by atoms with Crippen molar-refractivity contribution in [2.45, 2.75) is 71.4 Å². The van der Waals surface area contributed by atoms with Gasteiger partial charge in [-0.05, 0) is 145 Å². The molecule has 0 unspecified atom stereocenters. The van der Waals surface area contributed by atoms with Crippen LogP contribution in [-0.2, 0) is 8.91 Å². The Bertz CT molecular complexity index is 2140. The molecule has 5 rings (SSSR count). The van der Waals surface area contributed by atoms with Crippen molar-refractivity contribution in [1.29, 1.82) is 0 Å². The van der Waals surface area contributed by atoms with Gasteiger partial charge in [-0.2, -0.15) is 0 Å². The number of unbranched alkanes of at least 4 members (excludes halogenated alkanes) is 1. The summed E-state index contributed by atoms with van der Waals surface area (Å²) in [5.41, 5.74) is 1.30. The Morgan fingerprint density at radius 3 is 1.75 bits per heavy atom. The first-order valence-corrected chi connectivity index (χ1v) is 24.3. The highest BCUT2D eigenvalue weighted by Gasteiger charge is 2.32. The monoisotopic (exact) mass is 748 g/mol. The zero-order chi connectivity index (χ0) is 38.2. The Kier molecular flexibility index (Phi) is 12.7. The number of hydrogen-bond acceptors (Lipinski definition) is 8. The van der Waals surface area contributed by atoms with Gasteiger partial charge in [-0.25, -0.2) is 14.4 Å². The van der Waals surface area contributed by atoms with E-state index in [1.165, 1.54) is 18.9 Å². The highest BCUT2D eigenvalue weighted by molar-refractivity contribution is 6.84. The fraction of sp³-hybridized carbons (Fsp3) is 0.279. The molecule has 53 heavy (non-hydrogen) atoms. The van der Waals surface area contributed by atoms with Crippen LogP contribution in [0, 0.1) is 6.92 Å². The van der Waals surface area contributed by atoms with E-state index in [-0.39, 0.29) is 0 Å². The van der Waals surface area contributed by atoms with Crippen LogP contribution in [0.25, 0.3) is 21.5 Å². The Morgan fingerprint density at radius 2 is 1.13 bits per heavy atom. The minimum absolute atomic E-state index is 0.298. The van der Waals surface area contributed by atoms with E-state index in [9.17, 15) is 14.4 Å². The fourth-order valence-electron chi connectivity index (χ4n) is 6.32. The molecule has 0 spiro atoms. The Morgan fingerprint density at radius 1 is 0.623 bits per heavy atom. The van der Waals surface area contributed by atoms with Gasteiger partial charge in [0.25, 0.3) is 0 Å². The van der Waals surface area contributed by atoms with E-state index >= 15 is 0 Å². The molecule has 0 saturated heterocycles. The van der Waals surface area contributed by atoms with Gasteiger partial charge in [0.2, 0.25) is 0 Å². The minimum atomic E-state index is -1.75. The van der Waals surface area contributed by atoms with Crippen LogP contribution in [-0.4, -0.2) is 41.1 Å². The summed E-state index contributed by atoms with van der Waals surface area (Å²) < 4.78 is 29.4. The number of esters is 3. The van der Waals surface area contributed by atoms with E-state index < -0.39 is 34.5 Å². The van der Waals surface area contributed by atoms with E-state index in [2.05, 4.69) is 39.7 Å². The van der Waals surface area contributed by atoms with E-state index in [1.54, 1.807) is 67.6 Å². The summed E-state index contributed by atoms with van der Waals surface area (Å²) in [6.07, 6.45) is 4.50. The van der Waals surface area contributed by atoms with E-state index in [4.69, 9.17) is 23.1 Å². The number of benzene rings is 5. The third-order valence-electron chi connectivity index (χ3n) is 8.93. The van der Waals surface area contributed by atoms with Crippen molar-refractivity contribution >= 4 is 56.1 Å². The quantitative estimate of drug-likeness (QED) is 0.0323. The van der Waals surface area contributed by atoms with Crippen LogP contribution >= 0.6 is 0 Å². The van der Waals surface area contributed by atoms with Crippen LogP contribution in [0.4, 0.5) is 0 Å². The van der Waals surface area contributed by atoms with Crippen molar-refractivity contribution in [1.82, 2.24) is 0 Å². The first kappa shape index (κ1) is 39.2. The predicted octanol–water partition coefficient (Wildman–Crippen LogP) is 10.8. The van der Waals surface area contributed by atoms with Gasteiger partial charge in [-0.15, -0.1) is 0 Å². The number of carbonyl (C=O) groups excluding carboxylic acids is 3. The lowest BCUT2D eigenvalue weighted by Crippen LogP contribution is -2.44. The van der Waals surface area contributed by atoms with Gasteiger partial charge in [-0.1, -0.05) is 50.6 Å². The van der Waals surface area contributed by atoms with Crippen LogP contribution in [0.1, 0.15) is 52.5 Å². The predicted molar refractivity (Wildman–Crippen MR) is 216 cm³/mol. The number of hydrogen-bond donors (Lipinski definition) is 0. The van der Waals surface area contributed by atoms with Crippen molar-refractivity contribution in [3.8, 4) is 23.0 Å². The lowest BCUT2D eigenvalue weighted by atomic mass is 10.1. The van der Waals surface area contributed by atoms with Crippen LogP contribution in [0.2, 0.25) is 38.3 Å². The highest BCUT2D eigenvalue weighted by atomic mass is 28.4. The molecule has 0 aliphatic carbocycles. The lowest BCUT2D eigenvalue weighted by molar-refractivity contribution is -0.128. The second kappa shape index (κ2) is 17.2. The fourth-order valence-corrected chi connectivity index (χ4v) is 15.3. The Labute approximate surface area is 313 Å². The maximum atomic E-state index is 13.2. The summed E-state index contributed by atoms with van der Waals surface area (Å²) >= 11 is 0. The molecule has 0 bridgehead atoms. The van der Waals surface area contributed by atoms with E-state index in [0.29, 0.717) is 40.5 Å². The second-order valence-electron chi connectivity index (χ2n) is 14.5. The first-order valence-electron chi connectivity index (χ1n) is 18.0. The Hall–Kier alpha value is -5.04. The molecule has 10 heteroatoms. The highest BCUT2D eigenvalue weighted by Crippen LogP contribution is 2.29. The zero-order valence-corrected chi connectivity index (χ0v) is 33.5. The maximum Gasteiger partial charge on any atom is 0.343 e. The van der Waals surface area contributed by atoms with Gasteiger partial charge >= 0.3 is 17.9 Å². The molecule has 0 N–H and O–H groups in total. The number of aryl methyl sites for hydroxylation is 1. The maximum absolute atomic E-state index is 13.2. The van der Waals surface area contributed by atoms with Gasteiger partial charge in [-0.3, -0.25) is 0 Å². The summed E-state index contributed by atoms with van der Waals surface area (Å²) in [5.74, 6) is 0.289. The Balaban J connectivity index is 1.14. The SMILES string of the molecule is C=CC(=O)Oc1ccc2cc(C(=O)Oc3ccc(C(=O)Oc4ccc5cc(OCCC[Si](C)(C)O[Si](C)(C)CCCC)ccc5c4)c(C)c3)ccc2c1. The number of rotatable bonds is 16. The summed E-state index contributed by atoms with van der Waals surface area (Å²) in [7, 11) is -3.36. The summed E-state index contributed by atoms with van der Waals surface area (Å²) in [4.78, 5) is 37.6. The van der Waals surface area contributed by atoms with E-state index in [0.717, 1.165) is 45.8 Å². The zero-order valence-electron chi connectivity index (χ0n) is 31.5. The molecule has 0 fully saturated rings. The molecular weight excluding hydrogens is 701 g/mol. The third kappa shape index (κ3) is 11.0. The minimum Gasteiger partial charge on any atom is -0.494 e. The van der Waals surface area contributed by atoms with Gasteiger partial charge in [0.15, 0.2) is 16.6 Å². The van der Waals surface area contributed by atoms with Crippen LogP contribution < -0.4 is 18.9 Å². The van der Waals surface area contributed by atoms with Gasteiger partial charge in [0.05, 0.1) is 17.7 Å². The normalized spacial score (nSPS) is 11.7. The van der Waals surface area contributed by atoms with Gasteiger partial charge in [0, 0.05) is 6.08 Å². The molecule has 0 heterocycles. The molecular formula is C43H48O8Si2. The average molecular weight is 749 g/mol. The largest absolute Gasteiger partial charge is 0.494 e. The number of fused-ring (bicyclic) bond motifs is 2. The first-order chi connectivity index (χ1) is 25.2.